The Morgan fingerprint density at radius 3 is 2.10 bits per heavy atom. The molecule has 3 aliphatic rings. The van der Waals surface area contributed by atoms with Crippen LogP contribution in [0.15, 0.2) is 0 Å². The van der Waals surface area contributed by atoms with E-state index < -0.39 is 61.2 Å². The lowest BCUT2D eigenvalue weighted by Crippen LogP contribution is -2.67. The molecular weight excluding hydrogens is 408 g/mol. The molecule has 0 bridgehead atoms. The van der Waals surface area contributed by atoms with E-state index in [2.05, 4.69) is 19.2 Å². The molecule has 0 aromatic rings. The summed E-state index contributed by atoms with van der Waals surface area (Å²) in [7, 11) is 1.63. The topological polar surface area (TPSA) is 188 Å². The Labute approximate surface area is 183 Å². The normalized spacial score (nSPS) is 49.4. The van der Waals surface area contributed by atoms with Crippen molar-refractivity contribution >= 4 is 0 Å². The molecule has 2 saturated heterocycles. The molecule has 0 radical (unpaired) electrons. The number of nitrogens with one attached hydrogen (secondary N) is 1. The second-order valence-corrected chi connectivity index (χ2v) is 9.36. The van der Waals surface area contributed by atoms with Gasteiger partial charge in [0.1, 0.15) is 24.4 Å². The summed E-state index contributed by atoms with van der Waals surface area (Å²) >= 11 is 0. The van der Waals surface area contributed by atoms with Crippen LogP contribution < -0.4 is 22.5 Å². The summed E-state index contributed by atoms with van der Waals surface area (Å²) in [4.78, 5) is 0. The fraction of sp³-hybridized carbons (Fsp3) is 1.00. The lowest BCUT2D eigenvalue weighted by atomic mass is 9.84. The van der Waals surface area contributed by atoms with Crippen LogP contribution in [0.2, 0.25) is 0 Å². The summed E-state index contributed by atoms with van der Waals surface area (Å²) in [6.45, 7) is 4.13. The van der Waals surface area contributed by atoms with E-state index in [0.29, 0.717) is 12.3 Å². The zero-order chi connectivity index (χ0) is 22.9. The van der Waals surface area contributed by atoms with Crippen molar-refractivity contribution in [3.05, 3.63) is 0 Å². The molecule has 182 valence electrons. The number of hydrogen-bond acceptors (Lipinski definition) is 11. The molecule has 31 heavy (non-hydrogen) atoms. The van der Waals surface area contributed by atoms with E-state index in [-0.39, 0.29) is 18.8 Å². The highest BCUT2D eigenvalue weighted by Crippen LogP contribution is 2.31. The molecule has 1 aliphatic carbocycles. The van der Waals surface area contributed by atoms with E-state index in [0.717, 1.165) is 12.8 Å². The van der Waals surface area contributed by atoms with E-state index >= 15 is 0 Å². The third kappa shape index (κ3) is 5.56. The Balaban J connectivity index is 1.67. The van der Waals surface area contributed by atoms with Gasteiger partial charge in [-0.2, -0.15) is 0 Å². The average molecular weight is 449 g/mol. The lowest BCUT2D eigenvalue weighted by Gasteiger charge is -2.47. The highest BCUT2D eigenvalue weighted by molar-refractivity contribution is 5.00. The number of nitrogens with two attached hydrogens (primary N) is 3. The van der Waals surface area contributed by atoms with E-state index in [9.17, 15) is 15.3 Å². The molecule has 12 unspecified atom stereocenters. The Bertz CT molecular complexity index is 558. The van der Waals surface area contributed by atoms with Crippen LogP contribution in [0.3, 0.4) is 0 Å². The molecule has 3 rings (SSSR count). The zero-order valence-corrected chi connectivity index (χ0v) is 18.5. The Morgan fingerprint density at radius 1 is 0.903 bits per heavy atom. The smallest absolute Gasteiger partial charge is 0.185 e. The number of likely N-dealkylation sites (N-methyl/N-ethyl adjacent to an activating group) is 1. The first-order valence-corrected chi connectivity index (χ1v) is 11.2. The minimum absolute atomic E-state index is 0.0201. The van der Waals surface area contributed by atoms with Crippen molar-refractivity contribution in [1.29, 1.82) is 0 Å². The monoisotopic (exact) mass is 448 g/mol. The number of ether oxygens (including phenoxy) is 4. The van der Waals surface area contributed by atoms with Gasteiger partial charge in [-0.25, -0.2) is 0 Å². The first kappa shape index (κ1) is 25.2. The van der Waals surface area contributed by atoms with Crippen LogP contribution in [0.4, 0.5) is 0 Å². The summed E-state index contributed by atoms with van der Waals surface area (Å²) in [5, 5.41) is 34.4. The number of aliphatic hydroxyl groups is 3. The largest absolute Gasteiger partial charge is 0.389 e. The van der Waals surface area contributed by atoms with Gasteiger partial charge in [-0.3, -0.25) is 0 Å². The predicted octanol–water partition coefficient (Wildman–Crippen LogP) is -2.67. The summed E-state index contributed by atoms with van der Waals surface area (Å²) in [5.74, 6) is 0.313. The van der Waals surface area contributed by atoms with Gasteiger partial charge in [0.2, 0.25) is 0 Å². The first-order valence-electron chi connectivity index (χ1n) is 11.2. The molecule has 0 spiro atoms. The molecule has 2 aliphatic heterocycles. The second-order valence-electron chi connectivity index (χ2n) is 9.36. The van der Waals surface area contributed by atoms with E-state index in [1.807, 2.05) is 0 Å². The number of aliphatic hydroxyl groups excluding tert-OH is 3. The van der Waals surface area contributed by atoms with Gasteiger partial charge >= 0.3 is 0 Å². The van der Waals surface area contributed by atoms with Crippen molar-refractivity contribution in [3.8, 4) is 0 Å². The highest BCUT2D eigenvalue weighted by atomic mass is 16.7. The fourth-order valence-electron chi connectivity index (χ4n) is 4.68. The maximum Gasteiger partial charge on any atom is 0.185 e. The molecule has 11 nitrogen and oxygen atoms in total. The lowest BCUT2D eigenvalue weighted by molar-refractivity contribution is -0.298. The quantitative estimate of drug-likeness (QED) is 0.224. The van der Waals surface area contributed by atoms with Gasteiger partial charge in [-0.05, 0) is 32.2 Å². The minimum atomic E-state index is -1.18. The van der Waals surface area contributed by atoms with Crippen molar-refractivity contribution in [2.24, 2.45) is 23.1 Å². The average Bonchev–Trinajstić information content (AvgIpc) is 2.71. The summed E-state index contributed by atoms with van der Waals surface area (Å²) in [6.07, 6.45) is -4.71. The SMILES string of the molecule is CNC1C(O)COC(OC2C(N)CC(N)C(OC3OC(C(C)C)CCC3N)C2O)C1O. The van der Waals surface area contributed by atoms with Crippen LogP contribution >= 0.6 is 0 Å². The highest BCUT2D eigenvalue weighted by Gasteiger charge is 2.48. The van der Waals surface area contributed by atoms with Crippen molar-refractivity contribution in [1.82, 2.24) is 5.32 Å². The van der Waals surface area contributed by atoms with E-state index in [4.69, 9.17) is 36.1 Å². The molecule has 12 atom stereocenters. The summed E-state index contributed by atoms with van der Waals surface area (Å²) in [6, 6.07) is -2.09. The molecule has 1 saturated carbocycles. The van der Waals surface area contributed by atoms with Gasteiger partial charge in [0.25, 0.3) is 0 Å². The van der Waals surface area contributed by atoms with Crippen molar-refractivity contribution in [2.75, 3.05) is 13.7 Å². The van der Waals surface area contributed by atoms with E-state index in [1.54, 1.807) is 7.05 Å². The predicted molar refractivity (Wildman–Crippen MR) is 112 cm³/mol. The van der Waals surface area contributed by atoms with Crippen molar-refractivity contribution in [3.63, 3.8) is 0 Å². The maximum atomic E-state index is 11.0. The number of hydrogen-bond donors (Lipinski definition) is 7. The fourth-order valence-corrected chi connectivity index (χ4v) is 4.68. The van der Waals surface area contributed by atoms with Gasteiger partial charge in [-0.15, -0.1) is 0 Å². The minimum Gasteiger partial charge on any atom is -0.389 e. The standard InChI is InChI=1S/C20H40N4O7/c1-8(2)13-5-4-9(21)19(29-13)30-17-10(22)6-11(23)18(16(17)27)31-20-15(26)14(24-3)12(25)7-28-20/h8-20,24-27H,4-7,21-23H2,1-3H3. The molecular formula is C20H40N4O7. The summed E-state index contributed by atoms with van der Waals surface area (Å²) in [5.41, 5.74) is 18.7. The molecule has 3 fully saturated rings. The third-order valence-corrected chi connectivity index (χ3v) is 6.66. The van der Waals surface area contributed by atoms with Crippen molar-refractivity contribution in [2.45, 2.75) is 106 Å². The zero-order valence-electron chi connectivity index (χ0n) is 18.5. The number of rotatable bonds is 6. The van der Waals surface area contributed by atoms with Gasteiger partial charge in [0.15, 0.2) is 12.6 Å². The summed E-state index contributed by atoms with van der Waals surface area (Å²) < 4.78 is 23.5. The van der Waals surface area contributed by atoms with Crippen LogP contribution in [0.5, 0.6) is 0 Å². The Morgan fingerprint density at radius 2 is 1.52 bits per heavy atom. The second kappa shape index (κ2) is 10.7. The van der Waals surface area contributed by atoms with Gasteiger partial charge in [0.05, 0.1) is 30.9 Å². The molecule has 0 aromatic carbocycles. The molecule has 0 aromatic heterocycles. The third-order valence-electron chi connectivity index (χ3n) is 6.66. The van der Waals surface area contributed by atoms with Crippen molar-refractivity contribution < 1.29 is 34.3 Å². The van der Waals surface area contributed by atoms with Crippen LogP contribution in [0.1, 0.15) is 33.1 Å². The van der Waals surface area contributed by atoms with E-state index in [1.165, 1.54) is 0 Å². The van der Waals surface area contributed by atoms with Crippen LogP contribution in [-0.2, 0) is 18.9 Å². The molecule has 11 heteroatoms. The maximum absolute atomic E-state index is 11.0. The Hall–Kier alpha value is -0.440. The first-order chi connectivity index (χ1) is 14.6. The molecule has 2 heterocycles. The van der Waals surface area contributed by atoms with Gasteiger partial charge < -0.3 is 56.8 Å². The van der Waals surface area contributed by atoms with Gasteiger partial charge in [0, 0.05) is 12.1 Å². The van der Waals surface area contributed by atoms with Crippen LogP contribution in [0, 0.1) is 5.92 Å². The van der Waals surface area contributed by atoms with Crippen LogP contribution in [0.25, 0.3) is 0 Å². The molecule has 10 N–H and O–H groups in total. The Kier molecular flexibility index (Phi) is 8.66. The molecule has 0 amide bonds. The van der Waals surface area contributed by atoms with Crippen LogP contribution in [-0.4, -0.2) is 102 Å². The van der Waals surface area contributed by atoms with Gasteiger partial charge in [-0.1, -0.05) is 13.8 Å².